The molecule has 0 unspecified atom stereocenters. The van der Waals surface area contributed by atoms with E-state index in [-0.39, 0.29) is 40.8 Å². The number of benzene rings is 10. The molecule has 0 N–H and O–H groups in total. The summed E-state index contributed by atoms with van der Waals surface area (Å²) in [5.74, 6) is 0. The van der Waals surface area contributed by atoms with Crippen LogP contribution in [0.15, 0.2) is 314 Å². The van der Waals surface area contributed by atoms with E-state index in [1.807, 2.05) is 182 Å². The van der Waals surface area contributed by atoms with Crippen molar-refractivity contribution in [2.45, 2.75) is 0 Å². The van der Waals surface area contributed by atoms with E-state index in [1.54, 1.807) is 12.7 Å². The van der Waals surface area contributed by atoms with E-state index in [9.17, 15) is 0 Å². The molecular weight excluding hydrogens is 1190 g/mol. The average molecular weight is 1240 g/mol. The van der Waals surface area contributed by atoms with Gasteiger partial charge >= 0.3 is 40.8 Å². The summed E-state index contributed by atoms with van der Waals surface area (Å²) in [5, 5.41) is 13.3. The SMILES string of the molecule is C(=Nc1ccccc1)[N-]c1ccccc1.C(=Nc1ccccc1)[N-]c1ccccc1.[Pd+2].[Pd+2].[c-]1cc2c3ccccc3n(-c3ccccc3)c2cc1-c1ccccn1.[c-]1cc2c3ccccc3n(-c3ccccc3)c2cc1-c1ccccn1. The van der Waals surface area contributed by atoms with Gasteiger partial charge in [-0.1, -0.05) is 242 Å². The normalized spacial score (nSPS) is 10.6. The van der Waals surface area contributed by atoms with Gasteiger partial charge in [0.2, 0.25) is 0 Å². The fraction of sp³-hybridized carbons (Fsp3) is 0. The molecule has 4 heterocycles. The summed E-state index contributed by atoms with van der Waals surface area (Å²) < 4.78 is 4.62. The van der Waals surface area contributed by atoms with Crippen LogP contribution >= 0.6 is 0 Å². The predicted octanol–water partition coefficient (Wildman–Crippen LogP) is 19.4. The number of para-hydroxylation sites is 8. The second kappa shape index (κ2) is 29.0. The Morgan fingerprint density at radius 1 is 0.329 bits per heavy atom. The summed E-state index contributed by atoms with van der Waals surface area (Å²) in [6.07, 6.45) is 6.79. The van der Waals surface area contributed by atoms with Crippen molar-refractivity contribution in [1.82, 2.24) is 19.1 Å². The minimum Gasteiger partial charge on any atom is -0.443 e. The molecule has 14 aromatic rings. The monoisotopic (exact) mass is 1240 g/mol. The fourth-order valence-electron chi connectivity index (χ4n) is 9.24. The molecule has 0 aliphatic carbocycles. The van der Waals surface area contributed by atoms with Crippen LogP contribution in [0.1, 0.15) is 0 Å². The summed E-state index contributed by atoms with van der Waals surface area (Å²) in [6, 6.07) is 104. The zero-order valence-electron chi connectivity index (χ0n) is 44.2. The second-order valence-electron chi connectivity index (χ2n) is 18.2. The Kier molecular flexibility index (Phi) is 20.2. The van der Waals surface area contributed by atoms with Crippen molar-refractivity contribution in [3.63, 3.8) is 0 Å². The van der Waals surface area contributed by atoms with Crippen molar-refractivity contribution in [1.29, 1.82) is 0 Å². The van der Waals surface area contributed by atoms with Gasteiger partial charge in [-0.05, 0) is 104 Å². The summed E-state index contributed by atoms with van der Waals surface area (Å²) in [5.41, 5.74) is 14.6. The molecule has 0 saturated heterocycles. The molecule has 0 spiro atoms. The van der Waals surface area contributed by atoms with Gasteiger partial charge in [0.25, 0.3) is 0 Å². The molecule has 0 saturated carbocycles. The molecule has 82 heavy (non-hydrogen) atoms. The molecule has 400 valence electrons. The van der Waals surface area contributed by atoms with E-state index < -0.39 is 0 Å². The molecular formula is C72H52N8Pd2. The van der Waals surface area contributed by atoms with E-state index in [0.29, 0.717) is 0 Å². The Morgan fingerprint density at radius 3 is 1.02 bits per heavy atom. The molecule has 0 aliphatic rings. The maximum atomic E-state index is 4.47. The van der Waals surface area contributed by atoms with Gasteiger partial charge in [0.05, 0.1) is 0 Å². The quantitative estimate of drug-likeness (QED) is 0.0591. The van der Waals surface area contributed by atoms with Crippen LogP contribution in [-0.4, -0.2) is 31.8 Å². The van der Waals surface area contributed by atoms with Crippen LogP contribution in [0.4, 0.5) is 22.7 Å². The van der Waals surface area contributed by atoms with Gasteiger partial charge in [-0.15, -0.1) is 47.5 Å². The average Bonchev–Trinajstić information content (AvgIpc) is 4.24. The number of rotatable bonds is 10. The molecule has 0 amide bonds. The summed E-state index contributed by atoms with van der Waals surface area (Å²) in [7, 11) is 0. The van der Waals surface area contributed by atoms with E-state index in [1.165, 1.54) is 43.6 Å². The van der Waals surface area contributed by atoms with Gasteiger partial charge in [-0.3, -0.25) is 0 Å². The molecule has 8 nitrogen and oxygen atoms in total. The van der Waals surface area contributed by atoms with Crippen molar-refractivity contribution < 1.29 is 40.8 Å². The Labute approximate surface area is 505 Å². The van der Waals surface area contributed by atoms with Crippen LogP contribution < -0.4 is 0 Å². The maximum Gasteiger partial charge on any atom is 2.00 e. The number of hydrogen-bond acceptors (Lipinski definition) is 4. The Morgan fingerprint density at radius 2 is 0.659 bits per heavy atom. The van der Waals surface area contributed by atoms with E-state index in [2.05, 4.69) is 173 Å². The van der Waals surface area contributed by atoms with Crippen molar-refractivity contribution in [3.8, 4) is 33.9 Å². The molecule has 0 aliphatic heterocycles. The third-order valence-corrected chi connectivity index (χ3v) is 13.0. The molecule has 0 atom stereocenters. The first-order valence-electron chi connectivity index (χ1n) is 26.2. The number of nitrogens with zero attached hydrogens (tertiary/aromatic N) is 8. The molecule has 10 heteroatoms. The minimum atomic E-state index is 0. The summed E-state index contributed by atoms with van der Waals surface area (Å²) in [4.78, 5) is 17.4. The molecule has 0 bridgehead atoms. The first-order valence-corrected chi connectivity index (χ1v) is 26.2. The first kappa shape index (κ1) is 57.1. The molecule has 0 fully saturated rings. The van der Waals surface area contributed by atoms with Gasteiger partial charge in [0.1, 0.15) is 0 Å². The van der Waals surface area contributed by atoms with Gasteiger partial charge in [-0.2, -0.15) is 0 Å². The predicted molar refractivity (Wildman–Crippen MR) is 334 cm³/mol. The van der Waals surface area contributed by atoms with E-state index >= 15 is 0 Å². The molecule has 4 aromatic heterocycles. The zero-order chi connectivity index (χ0) is 54.0. The Balaban J connectivity index is 0.000000135. The number of fused-ring (bicyclic) bond motifs is 6. The van der Waals surface area contributed by atoms with E-state index in [0.717, 1.165) is 56.6 Å². The summed E-state index contributed by atoms with van der Waals surface area (Å²) >= 11 is 0. The Hall–Kier alpha value is -9.64. The van der Waals surface area contributed by atoms with Crippen molar-refractivity contribution in [2.24, 2.45) is 9.98 Å². The third-order valence-electron chi connectivity index (χ3n) is 13.0. The van der Waals surface area contributed by atoms with Crippen LogP contribution in [0.3, 0.4) is 0 Å². The Bertz CT molecular complexity index is 3980. The van der Waals surface area contributed by atoms with Crippen molar-refractivity contribution >= 4 is 79.0 Å². The first-order chi connectivity index (χ1) is 39.7. The van der Waals surface area contributed by atoms with Gasteiger partial charge in [0, 0.05) is 34.8 Å². The number of aromatic nitrogens is 4. The van der Waals surface area contributed by atoms with Crippen LogP contribution in [0.2, 0.25) is 0 Å². The standard InChI is InChI=1S/2C23H15N2.2C13H11N2.2Pd/c2*1-2-8-18(9-3-1)25-22-12-5-4-10-19(22)20-14-13-17(16-23(20)25)21-11-6-7-15-24-21;2*1-3-7-12(8-4-1)14-11-15-13-9-5-2-6-10-13;;/h2*1-12,14-16H;2*1-11H;;/q4*-1;2*+2. The smallest absolute Gasteiger partial charge is 0.443 e. The van der Waals surface area contributed by atoms with Crippen LogP contribution in [0, 0.1) is 12.1 Å². The van der Waals surface area contributed by atoms with Crippen LogP contribution in [-0.2, 0) is 40.8 Å². The molecule has 10 aromatic carbocycles. The van der Waals surface area contributed by atoms with Gasteiger partial charge < -0.3 is 39.7 Å². The molecule has 0 radical (unpaired) electrons. The van der Waals surface area contributed by atoms with Gasteiger partial charge in [-0.25, -0.2) is 0 Å². The summed E-state index contributed by atoms with van der Waals surface area (Å²) in [6.45, 7) is 0. The largest absolute Gasteiger partial charge is 2.00 e. The minimum absolute atomic E-state index is 0. The van der Waals surface area contributed by atoms with Crippen molar-refractivity contribution in [3.05, 3.63) is 326 Å². The van der Waals surface area contributed by atoms with Crippen LogP contribution in [0.25, 0.3) is 88.1 Å². The fourth-order valence-corrected chi connectivity index (χ4v) is 9.24. The van der Waals surface area contributed by atoms with Crippen LogP contribution in [0.5, 0.6) is 0 Å². The number of aliphatic imine (C=N–C) groups is 2. The zero-order valence-corrected chi connectivity index (χ0v) is 47.3. The number of pyridine rings is 2. The molecule has 14 rings (SSSR count). The number of hydrogen-bond donors (Lipinski definition) is 0. The van der Waals surface area contributed by atoms with Gasteiger partial charge in [0.15, 0.2) is 0 Å². The second-order valence-corrected chi connectivity index (χ2v) is 18.2. The topological polar surface area (TPSA) is 88.6 Å². The van der Waals surface area contributed by atoms with E-state index in [4.69, 9.17) is 0 Å². The van der Waals surface area contributed by atoms with Crippen molar-refractivity contribution in [2.75, 3.05) is 0 Å². The third kappa shape index (κ3) is 14.2. The maximum absolute atomic E-state index is 4.47.